The van der Waals surface area contributed by atoms with Crippen LogP contribution in [-0.2, 0) is 6.54 Å². The number of thiophene rings is 1. The summed E-state index contributed by atoms with van der Waals surface area (Å²) in [6.07, 6.45) is 5.42. The minimum absolute atomic E-state index is 0.374. The number of urea groups is 1. The number of benzene rings is 2. The maximum atomic E-state index is 12.3. The van der Waals surface area contributed by atoms with E-state index in [9.17, 15) is 9.90 Å². The van der Waals surface area contributed by atoms with Crippen molar-refractivity contribution in [1.82, 2.24) is 14.8 Å². The minimum Gasteiger partial charge on any atom is -0.497 e. The first kappa shape index (κ1) is 25.2. The summed E-state index contributed by atoms with van der Waals surface area (Å²) in [4.78, 5) is 18.2. The molecule has 3 heterocycles. The predicted molar refractivity (Wildman–Crippen MR) is 152 cm³/mol. The molecule has 10 heteroatoms. The Labute approximate surface area is 223 Å². The number of fused-ring (bicyclic) bond motifs is 1. The number of anilines is 3. The molecule has 0 spiro atoms. The van der Waals surface area contributed by atoms with E-state index >= 15 is 0 Å². The number of pyridine rings is 1. The van der Waals surface area contributed by atoms with Crippen LogP contribution >= 0.6 is 11.3 Å². The molecule has 0 fully saturated rings. The van der Waals surface area contributed by atoms with Crippen molar-refractivity contribution in [2.45, 2.75) is 26.0 Å². The van der Waals surface area contributed by atoms with E-state index in [2.05, 4.69) is 15.5 Å². The van der Waals surface area contributed by atoms with Crippen LogP contribution in [0.4, 0.5) is 22.0 Å². The normalized spacial score (nSPS) is 11.6. The van der Waals surface area contributed by atoms with Gasteiger partial charge >= 0.3 is 6.03 Å². The number of nitrogen functional groups attached to an aromatic ring is 1. The average Bonchev–Trinajstić information content (AvgIpc) is 3.52. The summed E-state index contributed by atoms with van der Waals surface area (Å²) in [6.45, 7) is 3.86. The lowest BCUT2D eigenvalue weighted by atomic mass is 10.0. The molecule has 194 valence electrons. The molecule has 0 atom stereocenters. The van der Waals surface area contributed by atoms with Gasteiger partial charge in [-0.25, -0.2) is 9.78 Å². The van der Waals surface area contributed by atoms with Crippen molar-refractivity contribution >= 4 is 44.6 Å². The van der Waals surface area contributed by atoms with E-state index < -0.39 is 11.6 Å². The highest BCUT2D eigenvalue weighted by atomic mass is 32.1. The van der Waals surface area contributed by atoms with Crippen LogP contribution in [0.15, 0.2) is 72.5 Å². The van der Waals surface area contributed by atoms with Crippen molar-refractivity contribution < 1.29 is 14.6 Å². The molecule has 0 radical (unpaired) electrons. The number of nitrogens with two attached hydrogens (primary N) is 2. The van der Waals surface area contributed by atoms with Crippen molar-refractivity contribution in [1.29, 1.82) is 0 Å². The van der Waals surface area contributed by atoms with Gasteiger partial charge in [-0.2, -0.15) is 5.10 Å². The van der Waals surface area contributed by atoms with Gasteiger partial charge in [0.25, 0.3) is 0 Å². The lowest BCUT2D eigenvalue weighted by molar-refractivity contribution is 0.0577. The molecular weight excluding hydrogens is 500 g/mol. The molecule has 38 heavy (non-hydrogen) atoms. The highest BCUT2D eigenvalue weighted by molar-refractivity contribution is 7.18. The van der Waals surface area contributed by atoms with E-state index in [1.54, 1.807) is 73.6 Å². The monoisotopic (exact) mass is 528 g/mol. The molecule has 5 rings (SSSR count). The summed E-state index contributed by atoms with van der Waals surface area (Å²) in [7, 11) is 1.59. The van der Waals surface area contributed by atoms with Crippen LogP contribution in [0.25, 0.3) is 32.3 Å². The zero-order valence-electron chi connectivity index (χ0n) is 21.3. The van der Waals surface area contributed by atoms with Crippen molar-refractivity contribution in [2.75, 3.05) is 17.7 Å². The molecule has 0 unspecified atom stereocenters. The summed E-state index contributed by atoms with van der Waals surface area (Å²) >= 11 is 1.58. The largest absolute Gasteiger partial charge is 0.497 e. The summed E-state index contributed by atoms with van der Waals surface area (Å²) in [6, 6.07) is 14.1. The fraction of sp³-hybridized carbons (Fsp3) is 0.179. The van der Waals surface area contributed by atoms with Crippen molar-refractivity contribution in [2.24, 2.45) is 5.73 Å². The average molecular weight is 529 g/mol. The molecule has 0 saturated carbocycles. The van der Waals surface area contributed by atoms with Gasteiger partial charge < -0.3 is 21.3 Å². The first-order valence-electron chi connectivity index (χ1n) is 11.9. The first-order valence-corrected chi connectivity index (χ1v) is 12.8. The van der Waals surface area contributed by atoms with Crippen LogP contribution < -0.4 is 21.1 Å². The fourth-order valence-corrected chi connectivity index (χ4v) is 5.52. The standard InChI is InChI=1S/C28H28N6O3S/c1-28(2,36)16-33-14-18(12-32-33)22-13-31-26(29)24-23(15-38-25(22)24)17-4-6-19(7-5-17)34(27(30)35)20-8-10-21(37-3)11-9-20/h4-15,36H,16H2,1-3H3,(H2,29,31)(H2,30,35). The molecule has 5 N–H and O–H groups in total. The second kappa shape index (κ2) is 9.81. The van der Waals surface area contributed by atoms with Gasteiger partial charge in [0.05, 0.1) is 36.8 Å². The van der Waals surface area contributed by atoms with Crippen molar-refractivity contribution in [3.05, 3.63) is 72.5 Å². The minimum atomic E-state index is -0.877. The number of aliphatic hydroxyl groups is 1. The predicted octanol–water partition coefficient (Wildman–Crippen LogP) is 5.41. The van der Waals surface area contributed by atoms with Crippen molar-refractivity contribution in [3.8, 4) is 28.0 Å². The number of ether oxygens (including phenoxy) is 1. The molecule has 0 saturated heterocycles. The molecular formula is C28H28N6O3S. The number of rotatable bonds is 7. The number of amides is 2. The Kier molecular flexibility index (Phi) is 6.52. The fourth-order valence-electron chi connectivity index (χ4n) is 4.40. The summed E-state index contributed by atoms with van der Waals surface area (Å²) in [5, 5.41) is 17.4. The lowest BCUT2D eigenvalue weighted by Gasteiger charge is -2.21. The number of carbonyl (C=O) groups is 1. The maximum Gasteiger partial charge on any atom is 0.323 e. The van der Waals surface area contributed by atoms with E-state index in [0.29, 0.717) is 29.5 Å². The van der Waals surface area contributed by atoms with Crippen LogP contribution in [-0.4, -0.2) is 38.6 Å². The third-order valence-corrected chi connectivity index (χ3v) is 7.12. The number of nitrogens with zero attached hydrogens (tertiary/aromatic N) is 4. The Morgan fingerprint density at radius 3 is 2.32 bits per heavy atom. The summed E-state index contributed by atoms with van der Waals surface area (Å²) in [5.74, 6) is 1.12. The quantitative estimate of drug-likeness (QED) is 0.259. The van der Waals surface area contributed by atoms with Gasteiger partial charge in [-0.1, -0.05) is 12.1 Å². The number of hydrogen-bond acceptors (Lipinski definition) is 7. The molecule has 0 bridgehead atoms. The molecule has 2 aromatic carbocycles. The number of aromatic nitrogens is 3. The van der Waals surface area contributed by atoms with Gasteiger partial charge in [0.2, 0.25) is 0 Å². The van der Waals surface area contributed by atoms with E-state index in [1.165, 1.54) is 4.90 Å². The van der Waals surface area contributed by atoms with Gasteiger partial charge in [0.15, 0.2) is 0 Å². The third-order valence-electron chi connectivity index (χ3n) is 6.11. The van der Waals surface area contributed by atoms with Crippen molar-refractivity contribution in [3.63, 3.8) is 0 Å². The van der Waals surface area contributed by atoms with Crippen LogP contribution in [0.3, 0.4) is 0 Å². The van der Waals surface area contributed by atoms with Gasteiger partial charge in [-0.3, -0.25) is 9.58 Å². The number of hydrogen-bond donors (Lipinski definition) is 3. The highest BCUT2D eigenvalue weighted by Gasteiger charge is 2.19. The maximum absolute atomic E-state index is 12.3. The summed E-state index contributed by atoms with van der Waals surface area (Å²) in [5.41, 5.74) is 16.2. The zero-order valence-corrected chi connectivity index (χ0v) is 22.1. The van der Waals surface area contributed by atoms with E-state index in [1.807, 2.05) is 30.5 Å². The molecule has 0 aliphatic carbocycles. The Morgan fingerprint density at radius 2 is 1.71 bits per heavy atom. The molecule has 3 aromatic heterocycles. The second-order valence-electron chi connectivity index (χ2n) is 9.57. The third kappa shape index (κ3) is 4.91. The number of primary amides is 1. The Morgan fingerprint density at radius 1 is 1.05 bits per heavy atom. The smallest absolute Gasteiger partial charge is 0.323 e. The number of methoxy groups -OCH3 is 1. The lowest BCUT2D eigenvalue weighted by Crippen LogP contribution is -2.31. The van der Waals surface area contributed by atoms with Gasteiger partial charge in [-0.05, 0) is 61.2 Å². The Hall–Kier alpha value is -4.41. The van der Waals surface area contributed by atoms with E-state index in [4.69, 9.17) is 16.2 Å². The topological polar surface area (TPSA) is 133 Å². The molecule has 5 aromatic rings. The highest BCUT2D eigenvalue weighted by Crippen LogP contribution is 2.42. The van der Waals surface area contributed by atoms with Crippen LogP contribution in [0.5, 0.6) is 5.75 Å². The summed E-state index contributed by atoms with van der Waals surface area (Å²) < 4.78 is 7.93. The van der Waals surface area contributed by atoms with Gasteiger partial charge in [0.1, 0.15) is 11.6 Å². The molecule has 0 aliphatic heterocycles. The van der Waals surface area contributed by atoms with Crippen LogP contribution in [0.2, 0.25) is 0 Å². The van der Waals surface area contributed by atoms with Gasteiger partial charge in [0, 0.05) is 39.2 Å². The van der Waals surface area contributed by atoms with E-state index in [0.717, 1.165) is 32.3 Å². The van der Waals surface area contributed by atoms with Crippen LogP contribution in [0, 0.1) is 0 Å². The molecule has 0 aliphatic rings. The first-order chi connectivity index (χ1) is 18.1. The van der Waals surface area contributed by atoms with Gasteiger partial charge in [-0.15, -0.1) is 11.3 Å². The second-order valence-corrected chi connectivity index (χ2v) is 10.4. The number of carbonyl (C=O) groups excluding carboxylic acids is 1. The Bertz CT molecular complexity index is 1600. The molecule has 2 amide bonds. The SMILES string of the molecule is COc1ccc(N(C(N)=O)c2ccc(-c3csc4c(-c5cnn(CC(C)(C)O)c5)cnc(N)c34)cc2)cc1. The Balaban J connectivity index is 1.50. The van der Waals surface area contributed by atoms with E-state index in [-0.39, 0.29) is 0 Å². The zero-order chi connectivity index (χ0) is 27.0. The molecule has 9 nitrogen and oxygen atoms in total. The van der Waals surface area contributed by atoms with Crippen LogP contribution in [0.1, 0.15) is 13.8 Å².